The summed E-state index contributed by atoms with van der Waals surface area (Å²) >= 11 is 0. The van der Waals surface area contributed by atoms with Gasteiger partial charge in [-0.15, -0.1) is 0 Å². The Kier molecular flexibility index (Phi) is 3.59. The van der Waals surface area contributed by atoms with Gasteiger partial charge in [0.1, 0.15) is 29.0 Å². The zero-order valence-electron chi connectivity index (χ0n) is 10.7. The molecule has 2 rings (SSSR count). The van der Waals surface area contributed by atoms with Crippen LogP contribution in [-0.2, 0) is 6.42 Å². The second kappa shape index (κ2) is 5.17. The van der Waals surface area contributed by atoms with Crippen molar-refractivity contribution >= 4 is 17.3 Å². The van der Waals surface area contributed by atoms with Crippen molar-refractivity contribution in [3.8, 4) is 0 Å². The largest absolute Gasteiger partial charge is 0.384 e. The van der Waals surface area contributed by atoms with Crippen LogP contribution in [0.4, 0.5) is 26.1 Å². The molecule has 0 saturated heterocycles. The lowest BCUT2D eigenvalue weighted by Crippen LogP contribution is -2.05. The van der Waals surface area contributed by atoms with E-state index < -0.39 is 11.6 Å². The minimum absolute atomic E-state index is 0.236. The summed E-state index contributed by atoms with van der Waals surface area (Å²) in [6.45, 7) is 3.43. The molecule has 0 unspecified atom stereocenters. The fourth-order valence-corrected chi connectivity index (χ4v) is 1.64. The number of aromatic nitrogens is 2. The summed E-state index contributed by atoms with van der Waals surface area (Å²) in [5.41, 5.74) is 5.73. The Balaban J connectivity index is 2.41. The Morgan fingerprint density at radius 1 is 1.26 bits per heavy atom. The van der Waals surface area contributed by atoms with E-state index in [0.717, 1.165) is 0 Å². The van der Waals surface area contributed by atoms with Gasteiger partial charge in [0.15, 0.2) is 5.82 Å². The van der Waals surface area contributed by atoms with Crippen LogP contribution in [0.3, 0.4) is 0 Å². The number of aryl methyl sites for hydroxylation is 2. The predicted molar refractivity (Wildman–Crippen MR) is 70.2 cm³/mol. The minimum Gasteiger partial charge on any atom is -0.384 e. The maximum Gasteiger partial charge on any atom is 0.152 e. The van der Waals surface area contributed by atoms with Crippen LogP contribution in [-0.4, -0.2) is 9.97 Å². The smallest absolute Gasteiger partial charge is 0.152 e. The highest BCUT2D eigenvalue weighted by atomic mass is 19.1. The molecule has 1 heterocycles. The molecule has 0 radical (unpaired) electrons. The Hall–Kier alpha value is -2.24. The molecular formula is C13H14F2N4. The average molecular weight is 264 g/mol. The van der Waals surface area contributed by atoms with Gasteiger partial charge in [-0.2, -0.15) is 0 Å². The van der Waals surface area contributed by atoms with E-state index in [0.29, 0.717) is 17.8 Å². The van der Waals surface area contributed by atoms with Gasteiger partial charge in [0.05, 0.1) is 0 Å². The van der Waals surface area contributed by atoms with Crippen molar-refractivity contribution in [3.63, 3.8) is 0 Å². The highest BCUT2D eigenvalue weighted by Gasteiger charge is 2.12. The zero-order chi connectivity index (χ0) is 14.0. The van der Waals surface area contributed by atoms with E-state index in [9.17, 15) is 8.78 Å². The standard InChI is InChI=1S/C13H14F2N4/c1-3-10-17-9(16)6-11(18-10)19-13-8(14)5-4-7(2)12(13)15/h4-6H,3H2,1-2H3,(H3,16,17,18,19). The molecule has 0 aliphatic heterocycles. The molecule has 0 saturated carbocycles. The van der Waals surface area contributed by atoms with Crippen molar-refractivity contribution < 1.29 is 8.78 Å². The Morgan fingerprint density at radius 3 is 2.68 bits per heavy atom. The van der Waals surface area contributed by atoms with Crippen LogP contribution in [0.15, 0.2) is 18.2 Å². The second-order valence-electron chi connectivity index (χ2n) is 4.13. The molecule has 0 bridgehead atoms. The van der Waals surface area contributed by atoms with Gasteiger partial charge in [-0.05, 0) is 18.6 Å². The molecular weight excluding hydrogens is 250 g/mol. The van der Waals surface area contributed by atoms with E-state index in [4.69, 9.17) is 5.73 Å². The Morgan fingerprint density at radius 2 is 2.00 bits per heavy atom. The van der Waals surface area contributed by atoms with Crippen molar-refractivity contribution in [3.05, 3.63) is 41.2 Å². The van der Waals surface area contributed by atoms with Crippen LogP contribution in [0.25, 0.3) is 0 Å². The first kappa shape index (κ1) is 13.2. The van der Waals surface area contributed by atoms with Gasteiger partial charge in [-0.3, -0.25) is 0 Å². The lowest BCUT2D eigenvalue weighted by atomic mass is 10.2. The van der Waals surface area contributed by atoms with Gasteiger partial charge in [0.2, 0.25) is 0 Å². The van der Waals surface area contributed by atoms with Crippen molar-refractivity contribution in [2.24, 2.45) is 0 Å². The number of halogens is 2. The van der Waals surface area contributed by atoms with Crippen LogP contribution in [0.1, 0.15) is 18.3 Å². The van der Waals surface area contributed by atoms with E-state index in [1.54, 1.807) is 6.92 Å². The number of nitrogens with zero attached hydrogens (tertiary/aromatic N) is 2. The first-order valence-corrected chi connectivity index (χ1v) is 5.86. The molecule has 19 heavy (non-hydrogen) atoms. The number of anilines is 3. The SMILES string of the molecule is CCc1nc(N)cc(Nc2c(F)ccc(C)c2F)n1. The third-order valence-electron chi connectivity index (χ3n) is 2.65. The minimum atomic E-state index is -0.682. The van der Waals surface area contributed by atoms with Gasteiger partial charge >= 0.3 is 0 Å². The van der Waals surface area contributed by atoms with Crippen LogP contribution in [0.2, 0.25) is 0 Å². The number of hydrogen-bond acceptors (Lipinski definition) is 4. The molecule has 0 aliphatic rings. The topological polar surface area (TPSA) is 63.8 Å². The molecule has 0 aliphatic carbocycles. The molecule has 6 heteroatoms. The molecule has 0 atom stereocenters. The van der Waals surface area contributed by atoms with Crippen molar-refractivity contribution in [1.29, 1.82) is 0 Å². The monoisotopic (exact) mass is 264 g/mol. The number of hydrogen-bond donors (Lipinski definition) is 2. The van der Waals surface area contributed by atoms with E-state index in [2.05, 4.69) is 15.3 Å². The molecule has 0 spiro atoms. The Bertz CT molecular complexity index is 614. The third kappa shape index (κ3) is 2.78. The van der Waals surface area contributed by atoms with E-state index in [-0.39, 0.29) is 17.3 Å². The predicted octanol–water partition coefficient (Wildman–Crippen LogP) is 2.95. The van der Waals surface area contributed by atoms with Gasteiger partial charge < -0.3 is 11.1 Å². The summed E-state index contributed by atoms with van der Waals surface area (Å²) in [6.07, 6.45) is 0.582. The van der Waals surface area contributed by atoms with Crippen LogP contribution in [0, 0.1) is 18.6 Å². The van der Waals surface area contributed by atoms with Gasteiger partial charge in [0, 0.05) is 12.5 Å². The maximum atomic E-state index is 13.9. The summed E-state index contributed by atoms with van der Waals surface area (Å²) in [6, 6.07) is 4.01. The molecule has 0 fully saturated rings. The summed E-state index contributed by atoms with van der Waals surface area (Å²) in [5.74, 6) is -0.292. The molecule has 1 aromatic heterocycles. The normalized spacial score (nSPS) is 10.5. The molecule has 1 aromatic carbocycles. The van der Waals surface area contributed by atoms with Gasteiger partial charge in [0.25, 0.3) is 0 Å². The van der Waals surface area contributed by atoms with Crippen LogP contribution < -0.4 is 11.1 Å². The summed E-state index contributed by atoms with van der Waals surface area (Å²) in [4.78, 5) is 8.12. The fourth-order valence-electron chi connectivity index (χ4n) is 1.64. The van der Waals surface area contributed by atoms with Crippen molar-refractivity contribution in [2.75, 3.05) is 11.1 Å². The van der Waals surface area contributed by atoms with E-state index in [1.807, 2.05) is 6.92 Å². The first-order valence-electron chi connectivity index (χ1n) is 5.86. The average Bonchev–Trinajstić information content (AvgIpc) is 2.38. The molecule has 100 valence electrons. The quantitative estimate of drug-likeness (QED) is 0.894. The van der Waals surface area contributed by atoms with Gasteiger partial charge in [-0.25, -0.2) is 18.7 Å². The van der Waals surface area contributed by atoms with E-state index >= 15 is 0 Å². The van der Waals surface area contributed by atoms with Crippen LogP contribution in [0.5, 0.6) is 0 Å². The van der Waals surface area contributed by atoms with E-state index in [1.165, 1.54) is 18.2 Å². The number of nitrogens with one attached hydrogen (secondary N) is 1. The van der Waals surface area contributed by atoms with Crippen molar-refractivity contribution in [2.45, 2.75) is 20.3 Å². The lowest BCUT2D eigenvalue weighted by molar-refractivity contribution is 0.584. The summed E-state index contributed by atoms with van der Waals surface area (Å²) in [5, 5.41) is 2.62. The first-order chi connectivity index (χ1) is 9.01. The van der Waals surface area contributed by atoms with Crippen molar-refractivity contribution in [1.82, 2.24) is 9.97 Å². The third-order valence-corrected chi connectivity index (χ3v) is 2.65. The fraction of sp³-hybridized carbons (Fsp3) is 0.231. The highest BCUT2D eigenvalue weighted by Crippen LogP contribution is 2.25. The molecule has 0 amide bonds. The van der Waals surface area contributed by atoms with Gasteiger partial charge in [-0.1, -0.05) is 13.0 Å². The molecule has 4 nitrogen and oxygen atoms in total. The second-order valence-corrected chi connectivity index (χ2v) is 4.13. The summed E-state index contributed by atoms with van der Waals surface area (Å²) in [7, 11) is 0. The summed E-state index contributed by atoms with van der Waals surface area (Å²) < 4.78 is 27.5. The lowest BCUT2D eigenvalue weighted by Gasteiger charge is -2.10. The number of nitrogens with two attached hydrogens (primary N) is 1. The Labute approximate surface area is 109 Å². The zero-order valence-corrected chi connectivity index (χ0v) is 10.7. The maximum absolute atomic E-state index is 13.9. The number of nitrogen functional groups attached to an aromatic ring is 1. The van der Waals surface area contributed by atoms with Crippen LogP contribution >= 0.6 is 0 Å². The molecule has 3 N–H and O–H groups in total. The number of rotatable bonds is 3. The highest BCUT2D eigenvalue weighted by molar-refractivity contribution is 5.60. The number of benzene rings is 1. The molecule has 2 aromatic rings.